The molecule has 2 rings (SSSR count). The van der Waals surface area contributed by atoms with Gasteiger partial charge in [-0.3, -0.25) is 0 Å². The van der Waals surface area contributed by atoms with Gasteiger partial charge in [0.15, 0.2) is 0 Å². The van der Waals surface area contributed by atoms with Crippen molar-refractivity contribution in [1.29, 1.82) is 0 Å². The Bertz CT molecular complexity index is 429. The van der Waals surface area contributed by atoms with Gasteiger partial charge in [0.1, 0.15) is 0 Å². The largest absolute Gasteiger partial charge is 0.374 e. The first-order valence-electron chi connectivity index (χ1n) is 5.02. The van der Waals surface area contributed by atoms with E-state index in [-0.39, 0.29) is 0 Å². The molecule has 72 valence electrons. The van der Waals surface area contributed by atoms with E-state index < -0.39 is 0 Å². The molecule has 14 heavy (non-hydrogen) atoms. The number of anilines is 1. The van der Waals surface area contributed by atoms with Crippen molar-refractivity contribution in [2.75, 3.05) is 18.5 Å². The molecule has 0 saturated carbocycles. The smallest absolute Gasteiger partial charge is 0.0443 e. The Hall–Kier alpha value is -1.50. The van der Waals surface area contributed by atoms with Crippen molar-refractivity contribution in [1.82, 2.24) is 0 Å². The predicted molar refractivity (Wildman–Crippen MR) is 62.9 cm³/mol. The standard InChI is InChI=1S/C13H15N/c1-3-14(2)13-10-6-8-11-7-4-5-9-12(11)13/h4-10H,3H2,1-2H3. The Balaban J connectivity index is 2.65. The third-order valence-electron chi connectivity index (χ3n) is 2.65. The third kappa shape index (κ3) is 1.46. The lowest BCUT2D eigenvalue weighted by Gasteiger charge is -2.18. The van der Waals surface area contributed by atoms with Crippen molar-refractivity contribution in [3.8, 4) is 0 Å². The van der Waals surface area contributed by atoms with E-state index in [4.69, 9.17) is 0 Å². The second kappa shape index (κ2) is 3.70. The van der Waals surface area contributed by atoms with E-state index in [0.29, 0.717) is 0 Å². The van der Waals surface area contributed by atoms with Crippen molar-refractivity contribution >= 4 is 16.5 Å². The summed E-state index contributed by atoms with van der Waals surface area (Å²) >= 11 is 0. The number of nitrogens with zero attached hydrogens (tertiary/aromatic N) is 1. The molecule has 0 saturated heterocycles. The van der Waals surface area contributed by atoms with E-state index >= 15 is 0 Å². The second-order valence-corrected chi connectivity index (χ2v) is 3.51. The minimum absolute atomic E-state index is 1.04. The van der Waals surface area contributed by atoms with Gasteiger partial charge in [-0.05, 0) is 18.4 Å². The van der Waals surface area contributed by atoms with E-state index in [1.54, 1.807) is 0 Å². The fourth-order valence-corrected chi connectivity index (χ4v) is 1.71. The molecule has 0 amide bonds. The van der Waals surface area contributed by atoms with Crippen LogP contribution in [-0.4, -0.2) is 13.6 Å². The van der Waals surface area contributed by atoms with Crippen molar-refractivity contribution in [3.05, 3.63) is 42.5 Å². The molecule has 2 aromatic carbocycles. The molecule has 0 radical (unpaired) electrons. The lowest BCUT2D eigenvalue weighted by Crippen LogP contribution is -2.15. The third-order valence-corrected chi connectivity index (χ3v) is 2.65. The van der Waals surface area contributed by atoms with Crippen LogP contribution in [0.15, 0.2) is 42.5 Å². The fraction of sp³-hybridized carbons (Fsp3) is 0.231. The van der Waals surface area contributed by atoms with Gasteiger partial charge in [-0.25, -0.2) is 0 Å². The average Bonchev–Trinajstić information content (AvgIpc) is 2.27. The second-order valence-electron chi connectivity index (χ2n) is 3.51. The van der Waals surface area contributed by atoms with Gasteiger partial charge in [0.25, 0.3) is 0 Å². The van der Waals surface area contributed by atoms with Crippen LogP contribution in [0, 0.1) is 0 Å². The first-order chi connectivity index (χ1) is 6.83. The van der Waals surface area contributed by atoms with Gasteiger partial charge in [0, 0.05) is 24.7 Å². The maximum atomic E-state index is 2.27. The van der Waals surface area contributed by atoms with E-state index in [1.165, 1.54) is 16.5 Å². The number of rotatable bonds is 2. The van der Waals surface area contributed by atoms with Crippen LogP contribution in [0.2, 0.25) is 0 Å². The Labute approximate surface area is 85.0 Å². The van der Waals surface area contributed by atoms with E-state index in [2.05, 4.69) is 61.3 Å². The van der Waals surface area contributed by atoms with Crippen LogP contribution < -0.4 is 4.90 Å². The molecule has 0 aliphatic carbocycles. The van der Waals surface area contributed by atoms with Crippen molar-refractivity contribution < 1.29 is 0 Å². The van der Waals surface area contributed by atoms with Gasteiger partial charge >= 0.3 is 0 Å². The molecule has 0 unspecified atom stereocenters. The summed E-state index contributed by atoms with van der Waals surface area (Å²) in [6, 6.07) is 14.9. The Kier molecular flexibility index (Phi) is 2.40. The first kappa shape index (κ1) is 9.07. The molecule has 0 fully saturated rings. The zero-order valence-electron chi connectivity index (χ0n) is 8.70. The summed E-state index contributed by atoms with van der Waals surface area (Å²) < 4.78 is 0. The molecule has 0 atom stereocenters. The van der Waals surface area contributed by atoms with Crippen LogP contribution in [0.4, 0.5) is 5.69 Å². The predicted octanol–water partition coefficient (Wildman–Crippen LogP) is 3.30. The summed E-state index contributed by atoms with van der Waals surface area (Å²) in [5.74, 6) is 0. The quantitative estimate of drug-likeness (QED) is 0.694. The van der Waals surface area contributed by atoms with Gasteiger partial charge in [-0.15, -0.1) is 0 Å². The molecular formula is C13H15N. The molecule has 0 N–H and O–H groups in total. The highest BCUT2D eigenvalue weighted by atomic mass is 15.1. The summed E-state index contributed by atoms with van der Waals surface area (Å²) in [5.41, 5.74) is 1.31. The molecule has 1 heteroatoms. The minimum atomic E-state index is 1.04. The molecule has 0 aliphatic heterocycles. The summed E-state index contributed by atoms with van der Waals surface area (Å²) in [5, 5.41) is 2.64. The number of hydrogen-bond donors (Lipinski definition) is 0. The molecule has 0 spiro atoms. The highest BCUT2D eigenvalue weighted by Gasteiger charge is 2.02. The molecule has 0 bridgehead atoms. The van der Waals surface area contributed by atoms with Gasteiger partial charge < -0.3 is 4.90 Å². The Morgan fingerprint density at radius 1 is 1.00 bits per heavy atom. The fourth-order valence-electron chi connectivity index (χ4n) is 1.71. The number of benzene rings is 2. The van der Waals surface area contributed by atoms with Crippen molar-refractivity contribution in [3.63, 3.8) is 0 Å². The molecule has 2 aromatic rings. The summed E-state index contributed by atoms with van der Waals surface area (Å²) in [6.45, 7) is 3.20. The van der Waals surface area contributed by atoms with Gasteiger partial charge in [-0.1, -0.05) is 36.4 Å². The zero-order chi connectivity index (χ0) is 9.97. The van der Waals surface area contributed by atoms with Crippen LogP contribution in [0.3, 0.4) is 0 Å². The topological polar surface area (TPSA) is 3.24 Å². The van der Waals surface area contributed by atoms with Crippen LogP contribution in [0.5, 0.6) is 0 Å². The lowest BCUT2D eigenvalue weighted by molar-refractivity contribution is 0.974. The number of fused-ring (bicyclic) bond motifs is 1. The molecule has 0 aliphatic rings. The molecule has 0 heterocycles. The maximum absolute atomic E-state index is 2.27. The van der Waals surface area contributed by atoms with Crippen LogP contribution in [0.1, 0.15) is 6.92 Å². The number of hydrogen-bond acceptors (Lipinski definition) is 1. The highest BCUT2D eigenvalue weighted by molar-refractivity contribution is 5.94. The van der Waals surface area contributed by atoms with Crippen LogP contribution >= 0.6 is 0 Å². The SMILES string of the molecule is CCN(C)c1cccc2ccccc12. The normalized spacial score (nSPS) is 10.4. The van der Waals surface area contributed by atoms with Gasteiger partial charge in [0.05, 0.1) is 0 Å². The monoisotopic (exact) mass is 185 g/mol. The molecule has 1 nitrogen and oxygen atoms in total. The highest BCUT2D eigenvalue weighted by Crippen LogP contribution is 2.25. The van der Waals surface area contributed by atoms with E-state index in [1.807, 2.05) is 0 Å². The van der Waals surface area contributed by atoms with Crippen LogP contribution in [0.25, 0.3) is 10.8 Å². The Morgan fingerprint density at radius 3 is 2.50 bits per heavy atom. The lowest BCUT2D eigenvalue weighted by atomic mass is 10.1. The van der Waals surface area contributed by atoms with E-state index in [0.717, 1.165) is 6.54 Å². The first-order valence-corrected chi connectivity index (χ1v) is 5.02. The molecule has 0 aromatic heterocycles. The molecular weight excluding hydrogens is 170 g/mol. The Morgan fingerprint density at radius 2 is 1.71 bits per heavy atom. The van der Waals surface area contributed by atoms with Crippen LogP contribution in [-0.2, 0) is 0 Å². The maximum Gasteiger partial charge on any atom is 0.0443 e. The van der Waals surface area contributed by atoms with Gasteiger partial charge in [0.2, 0.25) is 0 Å². The average molecular weight is 185 g/mol. The summed E-state index contributed by atoms with van der Waals surface area (Å²) in [7, 11) is 2.13. The van der Waals surface area contributed by atoms with Crippen molar-refractivity contribution in [2.45, 2.75) is 6.92 Å². The van der Waals surface area contributed by atoms with Crippen molar-refractivity contribution in [2.24, 2.45) is 0 Å². The summed E-state index contributed by atoms with van der Waals surface area (Å²) in [4.78, 5) is 2.27. The summed E-state index contributed by atoms with van der Waals surface area (Å²) in [6.07, 6.45) is 0. The van der Waals surface area contributed by atoms with E-state index in [9.17, 15) is 0 Å². The zero-order valence-corrected chi connectivity index (χ0v) is 8.70. The minimum Gasteiger partial charge on any atom is -0.374 e. The van der Waals surface area contributed by atoms with Gasteiger partial charge in [-0.2, -0.15) is 0 Å².